The molecule has 0 atom stereocenters. The zero-order valence-corrected chi connectivity index (χ0v) is 11.0. The van der Waals surface area contributed by atoms with E-state index in [1.807, 2.05) is 0 Å². The van der Waals surface area contributed by atoms with Gasteiger partial charge in [0.2, 0.25) is 5.91 Å². The van der Waals surface area contributed by atoms with Gasteiger partial charge in [0, 0.05) is 6.54 Å². The Morgan fingerprint density at radius 1 is 1.06 bits per heavy atom. The third-order valence-corrected chi connectivity index (χ3v) is 2.75. The zero-order valence-electron chi connectivity index (χ0n) is 11.0. The summed E-state index contributed by atoms with van der Waals surface area (Å²) in [5.74, 6) is -1.40. The van der Waals surface area contributed by atoms with E-state index in [0.29, 0.717) is 6.54 Å². The average molecular weight is 259 g/mol. The van der Waals surface area contributed by atoms with E-state index in [4.69, 9.17) is 5.11 Å². The highest BCUT2D eigenvalue weighted by Gasteiger charge is 2.36. The molecule has 0 aliphatic heterocycles. The van der Waals surface area contributed by atoms with Crippen molar-refractivity contribution in [2.24, 2.45) is 0 Å². The number of nitrogens with one attached hydrogen (secondary N) is 3. The molecule has 0 aromatic rings. The van der Waals surface area contributed by atoms with Crippen molar-refractivity contribution in [3.8, 4) is 0 Å². The van der Waals surface area contributed by atoms with Gasteiger partial charge in [-0.2, -0.15) is 0 Å². The molecule has 7 nitrogen and oxygen atoms in total. The van der Waals surface area contributed by atoms with Gasteiger partial charge in [0.1, 0.15) is 5.54 Å². The third-order valence-electron chi connectivity index (χ3n) is 2.75. The lowest BCUT2D eigenvalue weighted by molar-refractivity contribution is -0.144. The number of hydrogen-bond acceptors (Lipinski definition) is 3. The van der Waals surface area contributed by atoms with Crippen LogP contribution in [0.3, 0.4) is 0 Å². The van der Waals surface area contributed by atoms with Crippen LogP contribution in [0.25, 0.3) is 0 Å². The molecule has 0 spiro atoms. The van der Waals surface area contributed by atoms with Crippen LogP contribution in [-0.2, 0) is 9.59 Å². The monoisotopic (exact) mass is 259 g/mol. The molecule has 0 unspecified atom stereocenters. The van der Waals surface area contributed by atoms with Crippen LogP contribution in [0.15, 0.2) is 0 Å². The molecule has 0 heterocycles. The smallest absolute Gasteiger partial charge is 0.329 e. The number of carbonyl (C=O) groups excluding carboxylic acids is 2. The normalized spacial score (nSPS) is 10.6. The van der Waals surface area contributed by atoms with Crippen molar-refractivity contribution in [2.75, 3.05) is 13.1 Å². The number of carboxylic acid groups (broad SMARTS) is 1. The van der Waals surface area contributed by atoms with Crippen LogP contribution in [0.1, 0.15) is 33.6 Å². The fourth-order valence-corrected chi connectivity index (χ4v) is 1.46. The summed E-state index contributed by atoms with van der Waals surface area (Å²) in [4.78, 5) is 33.8. The molecular formula is C11H21N3O4. The number of rotatable bonds is 7. The van der Waals surface area contributed by atoms with E-state index >= 15 is 0 Å². The molecule has 0 fully saturated rings. The van der Waals surface area contributed by atoms with Crippen LogP contribution in [-0.4, -0.2) is 41.6 Å². The molecule has 0 aromatic carbocycles. The van der Waals surface area contributed by atoms with Crippen molar-refractivity contribution in [1.29, 1.82) is 0 Å². The molecule has 3 amide bonds. The maximum Gasteiger partial charge on any atom is 0.329 e. The van der Waals surface area contributed by atoms with Crippen molar-refractivity contribution >= 4 is 17.9 Å². The Bertz CT molecular complexity index is 313. The molecule has 0 aliphatic rings. The number of hydrogen-bond donors (Lipinski definition) is 4. The van der Waals surface area contributed by atoms with Crippen molar-refractivity contribution in [1.82, 2.24) is 16.0 Å². The van der Waals surface area contributed by atoms with Crippen molar-refractivity contribution in [3.05, 3.63) is 0 Å². The number of carboxylic acids is 1. The summed E-state index contributed by atoms with van der Waals surface area (Å²) in [7, 11) is 0. The highest BCUT2D eigenvalue weighted by molar-refractivity contribution is 5.88. The molecule has 0 saturated heterocycles. The molecule has 0 aliphatic carbocycles. The van der Waals surface area contributed by atoms with Gasteiger partial charge < -0.3 is 21.1 Å². The van der Waals surface area contributed by atoms with Gasteiger partial charge in [0.25, 0.3) is 0 Å². The van der Waals surface area contributed by atoms with Crippen molar-refractivity contribution in [2.45, 2.75) is 39.2 Å². The Labute approximate surface area is 106 Å². The molecule has 0 bridgehead atoms. The van der Waals surface area contributed by atoms with Gasteiger partial charge >= 0.3 is 12.0 Å². The summed E-state index contributed by atoms with van der Waals surface area (Å²) in [6.07, 6.45) is 0.542. The summed E-state index contributed by atoms with van der Waals surface area (Å²) in [6, 6.07) is -0.660. The van der Waals surface area contributed by atoms with Crippen molar-refractivity contribution < 1.29 is 19.5 Å². The Kier molecular flexibility index (Phi) is 6.77. The van der Waals surface area contributed by atoms with Crippen molar-refractivity contribution in [3.63, 3.8) is 0 Å². The van der Waals surface area contributed by atoms with E-state index < -0.39 is 17.5 Å². The molecule has 0 aromatic heterocycles. The molecule has 18 heavy (non-hydrogen) atoms. The SMILES string of the molecule is CCNC(=O)CNC(=O)NC(CC)(CC)C(=O)O. The maximum atomic E-state index is 11.5. The summed E-state index contributed by atoms with van der Waals surface area (Å²) in [6.45, 7) is 5.43. The summed E-state index contributed by atoms with van der Waals surface area (Å²) < 4.78 is 0. The van der Waals surface area contributed by atoms with E-state index in [2.05, 4.69) is 16.0 Å². The van der Waals surface area contributed by atoms with Crippen LogP contribution >= 0.6 is 0 Å². The number of likely N-dealkylation sites (N-methyl/N-ethyl adjacent to an activating group) is 1. The Morgan fingerprint density at radius 2 is 1.61 bits per heavy atom. The van der Waals surface area contributed by atoms with E-state index in [0.717, 1.165) is 0 Å². The minimum atomic E-state index is -1.29. The van der Waals surface area contributed by atoms with Gasteiger partial charge in [-0.15, -0.1) is 0 Å². The lowest BCUT2D eigenvalue weighted by atomic mass is 9.93. The van der Waals surface area contributed by atoms with E-state index in [1.165, 1.54) is 0 Å². The molecule has 0 saturated carbocycles. The van der Waals surface area contributed by atoms with Gasteiger partial charge in [-0.05, 0) is 19.8 Å². The van der Waals surface area contributed by atoms with Gasteiger partial charge in [0.05, 0.1) is 6.54 Å². The second-order valence-corrected chi connectivity index (χ2v) is 3.86. The lowest BCUT2D eigenvalue weighted by Crippen LogP contribution is -2.57. The van der Waals surface area contributed by atoms with E-state index in [1.54, 1.807) is 20.8 Å². The number of urea groups is 1. The summed E-state index contributed by atoms with van der Waals surface area (Å²) in [5.41, 5.74) is -1.29. The largest absolute Gasteiger partial charge is 0.480 e. The number of carbonyl (C=O) groups is 3. The molecule has 0 rings (SSSR count). The second kappa shape index (κ2) is 7.52. The highest BCUT2D eigenvalue weighted by Crippen LogP contribution is 2.14. The topological polar surface area (TPSA) is 108 Å². The summed E-state index contributed by atoms with van der Waals surface area (Å²) >= 11 is 0. The second-order valence-electron chi connectivity index (χ2n) is 3.86. The predicted molar refractivity (Wildman–Crippen MR) is 66.2 cm³/mol. The van der Waals surface area contributed by atoms with Crippen LogP contribution < -0.4 is 16.0 Å². The van der Waals surface area contributed by atoms with Gasteiger partial charge in [-0.25, -0.2) is 9.59 Å². The first-order valence-electron chi connectivity index (χ1n) is 5.98. The lowest BCUT2D eigenvalue weighted by Gasteiger charge is -2.27. The summed E-state index contributed by atoms with van der Waals surface area (Å²) in [5, 5.41) is 16.3. The van der Waals surface area contributed by atoms with E-state index in [-0.39, 0.29) is 25.3 Å². The van der Waals surface area contributed by atoms with Gasteiger partial charge in [-0.3, -0.25) is 4.79 Å². The molecule has 4 N–H and O–H groups in total. The standard InChI is InChI=1S/C11H21N3O4/c1-4-11(5-2,9(16)17)14-10(18)13-7-8(15)12-6-3/h4-7H2,1-3H3,(H,12,15)(H,16,17)(H2,13,14,18). The van der Waals surface area contributed by atoms with Crippen LogP contribution in [0.5, 0.6) is 0 Å². The van der Waals surface area contributed by atoms with Gasteiger partial charge in [0.15, 0.2) is 0 Å². The fraction of sp³-hybridized carbons (Fsp3) is 0.727. The zero-order chi connectivity index (χ0) is 14.2. The Hall–Kier alpha value is -1.79. The molecule has 104 valence electrons. The first kappa shape index (κ1) is 16.2. The van der Waals surface area contributed by atoms with Crippen LogP contribution in [0.2, 0.25) is 0 Å². The first-order chi connectivity index (χ1) is 8.41. The number of aliphatic carboxylic acids is 1. The quantitative estimate of drug-likeness (QED) is 0.518. The Morgan fingerprint density at radius 3 is 2.00 bits per heavy atom. The number of amides is 3. The molecule has 0 radical (unpaired) electrons. The predicted octanol–water partition coefficient (Wildman–Crippen LogP) is 0.0651. The third kappa shape index (κ3) is 4.60. The Balaban J connectivity index is 4.36. The van der Waals surface area contributed by atoms with Gasteiger partial charge in [-0.1, -0.05) is 13.8 Å². The van der Waals surface area contributed by atoms with Crippen LogP contribution in [0.4, 0.5) is 4.79 Å². The minimum Gasteiger partial charge on any atom is -0.480 e. The molecule has 7 heteroatoms. The first-order valence-corrected chi connectivity index (χ1v) is 5.98. The molecular weight excluding hydrogens is 238 g/mol. The fourth-order valence-electron chi connectivity index (χ4n) is 1.46. The highest BCUT2D eigenvalue weighted by atomic mass is 16.4. The maximum absolute atomic E-state index is 11.5. The minimum absolute atomic E-state index is 0.178. The van der Waals surface area contributed by atoms with E-state index in [9.17, 15) is 14.4 Å². The average Bonchev–Trinajstić information content (AvgIpc) is 2.33. The van der Waals surface area contributed by atoms with Crippen LogP contribution in [0, 0.1) is 0 Å².